The van der Waals surface area contributed by atoms with Crippen molar-refractivity contribution in [2.24, 2.45) is 5.92 Å². The topological polar surface area (TPSA) is 73.1 Å². The molecule has 1 aromatic carbocycles. The Hall–Kier alpha value is -1.54. The van der Waals surface area contributed by atoms with Crippen LogP contribution in [0.2, 0.25) is 0 Å². The minimum atomic E-state index is -0.772. The molecule has 0 unspecified atom stereocenters. The average molecular weight is 351 g/mol. The number of nitrogens with zero attached hydrogens (tertiary/aromatic N) is 1. The summed E-state index contributed by atoms with van der Waals surface area (Å²) in [7, 11) is 0. The molecule has 1 saturated carbocycles. The summed E-state index contributed by atoms with van der Waals surface area (Å²) in [5.74, 6) is 0.359. The van der Waals surface area contributed by atoms with Gasteiger partial charge in [-0.3, -0.25) is 4.79 Å². The number of rotatable bonds is 3. The zero-order valence-corrected chi connectivity index (χ0v) is 13.6. The number of hydrogen-bond donors (Lipinski definition) is 2. The molecule has 0 aliphatic heterocycles. The Balaban J connectivity index is 2.10. The van der Waals surface area contributed by atoms with Gasteiger partial charge in [0.05, 0.1) is 10.5 Å². The van der Waals surface area contributed by atoms with Crippen molar-refractivity contribution < 1.29 is 9.90 Å². The van der Waals surface area contributed by atoms with Gasteiger partial charge >= 0.3 is 0 Å². The second-order valence-corrected chi connectivity index (χ2v) is 6.52. The Morgan fingerprint density at radius 1 is 1.52 bits per heavy atom. The summed E-state index contributed by atoms with van der Waals surface area (Å²) < 4.78 is 0.539. The summed E-state index contributed by atoms with van der Waals surface area (Å²) >= 11 is 3.18. The monoisotopic (exact) mass is 350 g/mol. The van der Waals surface area contributed by atoms with Gasteiger partial charge in [-0.1, -0.05) is 13.3 Å². The molecule has 0 saturated heterocycles. The molecule has 4 nitrogen and oxygen atoms in total. The van der Waals surface area contributed by atoms with Crippen molar-refractivity contribution in [2.75, 3.05) is 0 Å². The first-order valence-corrected chi connectivity index (χ1v) is 8.01. The number of hydrogen-bond acceptors (Lipinski definition) is 3. The molecule has 0 bridgehead atoms. The maximum Gasteiger partial charge on any atom is 0.252 e. The maximum atomic E-state index is 12.3. The lowest BCUT2D eigenvalue weighted by Crippen LogP contribution is -2.49. The van der Waals surface area contributed by atoms with Crippen LogP contribution in [-0.4, -0.2) is 16.6 Å². The van der Waals surface area contributed by atoms with E-state index in [0.29, 0.717) is 28.8 Å². The molecule has 21 heavy (non-hydrogen) atoms. The molecule has 0 spiro atoms. The number of nitriles is 1. The molecular formula is C16H19BrN2O2. The maximum absolute atomic E-state index is 12.3. The van der Waals surface area contributed by atoms with E-state index in [1.54, 1.807) is 12.1 Å². The minimum absolute atomic E-state index is 0.0170. The van der Waals surface area contributed by atoms with Crippen LogP contribution in [0.4, 0.5) is 0 Å². The second-order valence-electron chi connectivity index (χ2n) is 5.67. The van der Waals surface area contributed by atoms with Gasteiger partial charge in [0.15, 0.2) is 0 Å². The van der Waals surface area contributed by atoms with Crippen LogP contribution < -0.4 is 5.32 Å². The molecule has 0 heterocycles. The van der Waals surface area contributed by atoms with E-state index in [9.17, 15) is 15.2 Å². The number of halogens is 1. The van der Waals surface area contributed by atoms with Gasteiger partial charge < -0.3 is 10.4 Å². The molecule has 0 aromatic heterocycles. The molecule has 1 aromatic rings. The molecule has 1 fully saturated rings. The van der Waals surface area contributed by atoms with Crippen LogP contribution in [0.5, 0.6) is 5.75 Å². The summed E-state index contributed by atoms with van der Waals surface area (Å²) in [6.07, 6.45) is 4.44. The number of nitrogens with one attached hydrogen (secondary N) is 1. The fraction of sp³-hybridized carbons (Fsp3) is 0.500. The molecule has 112 valence electrons. The SMILES string of the molecule is CCC1CCC(C#N)(NC(=O)c2ccc(Br)c(O)c2)CC1. The van der Waals surface area contributed by atoms with E-state index in [1.807, 2.05) is 0 Å². The third-order valence-electron chi connectivity index (χ3n) is 4.31. The first-order valence-electron chi connectivity index (χ1n) is 7.22. The highest BCUT2D eigenvalue weighted by Crippen LogP contribution is 2.34. The normalized spacial score (nSPS) is 25.1. The Labute approximate surface area is 133 Å². The first-order chi connectivity index (χ1) is 9.99. The predicted octanol–water partition coefficient (Wildman–Crippen LogP) is 3.75. The molecule has 0 radical (unpaired) electrons. The fourth-order valence-electron chi connectivity index (χ4n) is 2.79. The smallest absolute Gasteiger partial charge is 0.252 e. The zero-order valence-electron chi connectivity index (χ0n) is 12.0. The number of carbonyl (C=O) groups is 1. The average Bonchev–Trinajstić information content (AvgIpc) is 2.50. The van der Waals surface area contributed by atoms with E-state index in [2.05, 4.69) is 34.2 Å². The van der Waals surface area contributed by atoms with Crippen LogP contribution in [0, 0.1) is 17.2 Å². The summed E-state index contributed by atoms with van der Waals surface area (Å²) in [6, 6.07) is 6.94. The van der Waals surface area contributed by atoms with Crippen LogP contribution in [0.3, 0.4) is 0 Å². The first kappa shape index (κ1) is 15.8. The number of benzene rings is 1. The van der Waals surface area contributed by atoms with Crippen LogP contribution >= 0.6 is 15.9 Å². The third kappa shape index (κ3) is 3.56. The standard InChI is InChI=1S/C16H19BrN2O2/c1-2-11-5-7-16(10-18,8-6-11)19-15(21)12-3-4-13(17)14(20)9-12/h3-4,9,11,20H,2,5-8H2,1H3,(H,19,21). The Morgan fingerprint density at radius 3 is 2.71 bits per heavy atom. The third-order valence-corrected chi connectivity index (χ3v) is 4.98. The van der Waals surface area contributed by atoms with Crippen molar-refractivity contribution in [1.82, 2.24) is 5.32 Å². The van der Waals surface area contributed by atoms with Crippen LogP contribution in [-0.2, 0) is 0 Å². The zero-order chi connectivity index (χ0) is 15.5. The molecule has 1 aliphatic rings. The van der Waals surface area contributed by atoms with Crippen molar-refractivity contribution in [3.8, 4) is 11.8 Å². The quantitative estimate of drug-likeness (QED) is 0.871. The highest BCUT2D eigenvalue weighted by Gasteiger charge is 2.36. The highest BCUT2D eigenvalue weighted by molar-refractivity contribution is 9.10. The molecule has 1 amide bonds. The Bertz CT molecular complexity index is 572. The lowest BCUT2D eigenvalue weighted by atomic mass is 9.76. The van der Waals surface area contributed by atoms with Gasteiger partial charge in [-0.2, -0.15) is 5.26 Å². The van der Waals surface area contributed by atoms with E-state index in [0.717, 1.165) is 19.3 Å². The van der Waals surface area contributed by atoms with Crippen molar-refractivity contribution >= 4 is 21.8 Å². The van der Waals surface area contributed by atoms with Gasteiger partial charge in [-0.05, 0) is 65.7 Å². The molecule has 2 rings (SSSR count). The molecule has 2 N–H and O–H groups in total. The van der Waals surface area contributed by atoms with Crippen LogP contribution in [0.1, 0.15) is 49.4 Å². The lowest BCUT2D eigenvalue weighted by Gasteiger charge is -2.35. The van der Waals surface area contributed by atoms with Gasteiger partial charge in [-0.15, -0.1) is 0 Å². The molecule has 0 atom stereocenters. The Morgan fingerprint density at radius 2 is 2.19 bits per heavy atom. The largest absolute Gasteiger partial charge is 0.507 e. The van der Waals surface area contributed by atoms with Crippen molar-refractivity contribution in [2.45, 2.75) is 44.6 Å². The molecule has 5 heteroatoms. The van der Waals surface area contributed by atoms with Gasteiger partial charge in [0.1, 0.15) is 11.3 Å². The highest BCUT2D eigenvalue weighted by atomic mass is 79.9. The summed E-state index contributed by atoms with van der Waals surface area (Å²) in [5.41, 5.74) is -0.409. The van der Waals surface area contributed by atoms with Gasteiger partial charge in [-0.25, -0.2) is 0 Å². The number of phenols is 1. The summed E-state index contributed by atoms with van der Waals surface area (Å²) in [4.78, 5) is 12.3. The van der Waals surface area contributed by atoms with Gasteiger partial charge in [0.2, 0.25) is 0 Å². The van der Waals surface area contributed by atoms with Gasteiger partial charge in [0.25, 0.3) is 5.91 Å². The molecule has 1 aliphatic carbocycles. The number of carbonyl (C=O) groups excluding carboxylic acids is 1. The van der Waals surface area contributed by atoms with E-state index in [-0.39, 0.29) is 11.7 Å². The predicted molar refractivity (Wildman–Crippen MR) is 83.9 cm³/mol. The lowest BCUT2D eigenvalue weighted by molar-refractivity contribution is 0.0891. The number of amides is 1. The summed E-state index contributed by atoms with van der Waals surface area (Å²) in [5, 5.41) is 22.0. The Kier molecular flexibility index (Phi) is 4.89. The van der Waals surface area contributed by atoms with Crippen molar-refractivity contribution in [3.63, 3.8) is 0 Å². The van der Waals surface area contributed by atoms with Crippen LogP contribution in [0.15, 0.2) is 22.7 Å². The fourth-order valence-corrected chi connectivity index (χ4v) is 3.03. The number of phenolic OH excluding ortho intramolecular Hbond substituents is 1. The van der Waals surface area contributed by atoms with Crippen molar-refractivity contribution in [3.05, 3.63) is 28.2 Å². The van der Waals surface area contributed by atoms with Crippen molar-refractivity contribution in [1.29, 1.82) is 5.26 Å². The minimum Gasteiger partial charge on any atom is -0.507 e. The summed E-state index contributed by atoms with van der Waals surface area (Å²) in [6.45, 7) is 2.16. The van der Waals surface area contributed by atoms with E-state index in [1.165, 1.54) is 6.07 Å². The van der Waals surface area contributed by atoms with E-state index >= 15 is 0 Å². The van der Waals surface area contributed by atoms with Gasteiger partial charge in [0, 0.05) is 5.56 Å². The van der Waals surface area contributed by atoms with Crippen LogP contribution in [0.25, 0.3) is 0 Å². The van der Waals surface area contributed by atoms with E-state index in [4.69, 9.17) is 0 Å². The van der Waals surface area contributed by atoms with E-state index < -0.39 is 5.54 Å². The molecular weight excluding hydrogens is 332 g/mol. The number of aromatic hydroxyl groups is 1. The second kappa shape index (κ2) is 6.48.